The van der Waals surface area contributed by atoms with Crippen LogP contribution in [-0.4, -0.2) is 43.6 Å². The smallest absolute Gasteiger partial charge is 0.325 e. The van der Waals surface area contributed by atoms with E-state index in [0.717, 1.165) is 17.0 Å². The average Bonchev–Trinajstić information content (AvgIpc) is 3.07. The van der Waals surface area contributed by atoms with Crippen molar-refractivity contribution >= 4 is 17.6 Å². The van der Waals surface area contributed by atoms with Crippen molar-refractivity contribution < 1.29 is 14.3 Å². The summed E-state index contributed by atoms with van der Waals surface area (Å²) >= 11 is 0. The standard InChI is InChI=1S/C22H27N3O3/c1-16(2)18-6-8-19(9-7-18)25-13-12-24(22(25)27)15-21(26)23-14-17-4-10-20(28-3)11-5-17/h4-11,16H,12-15H2,1-3H3,(H,23,26). The Morgan fingerprint density at radius 3 is 2.36 bits per heavy atom. The first-order valence-electron chi connectivity index (χ1n) is 9.54. The summed E-state index contributed by atoms with van der Waals surface area (Å²) in [5, 5.41) is 2.87. The van der Waals surface area contributed by atoms with Crippen LogP contribution >= 0.6 is 0 Å². The van der Waals surface area contributed by atoms with Crippen LogP contribution in [0.15, 0.2) is 48.5 Å². The zero-order valence-electron chi connectivity index (χ0n) is 16.6. The maximum Gasteiger partial charge on any atom is 0.325 e. The lowest BCUT2D eigenvalue weighted by atomic mass is 10.0. The second-order valence-electron chi connectivity index (χ2n) is 7.23. The molecule has 148 valence electrons. The molecule has 6 nitrogen and oxygen atoms in total. The van der Waals surface area contributed by atoms with E-state index < -0.39 is 0 Å². The van der Waals surface area contributed by atoms with Crippen LogP contribution < -0.4 is 15.0 Å². The van der Waals surface area contributed by atoms with Crippen molar-refractivity contribution in [1.82, 2.24) is 10.2 Å². The summed E-state index contributed by atoms with van der Waals surface area (Å²) in [6, 6.07) is 15.4. The molecule has 1 fully saturated rings. The number of carbonyl (C=O) groups is 2. The molecule has 1 N–H and O–H groups in total. The van der Waals surface area contributed by atoms with E-state index in [1.54, 1.807) is 16.9 Å². The fourth-order valence-electron chi connectivity index (χ4n) is 3.18. The molecule has 0 aromatic heterocycles. The van der Waals surface area contributed by atoms with Crippen LogP contribution in [0.5, 0.6) is 5.75 Å². The number of hydrogen-bond donors (Lipinski definition) is 1. The van der Waals surface area contributed by atoms with Gasteiger partial charge in [-0.15, -0.1) is 0 Å². The molecule has 3 rings (SSSR count). The molecule has 6 heteroatoms. The van der Waals surface area contributed by atoms with Crippen molar-refractivity contribution in [3.05, 3.63) is 59.7 Å². The molecule has 0 atom stereocenters. The topological polar surface area (TPSA) is 61.9 Å². The average molecular weight is 381 g/mol. The molecular weight excluding hydrogens is 354 g/mol. The predicted molar refractivity (Wildman–Crippen MR) is 110 cm³/mol. The van der Waals surface area contributed by atoms with Crippen molar-refractivity contribution in [2.75, 3.05) is 31.6 Å². The fraction of sp³-hybridized carbons (Fsp3) is 0.364. The molecule has 1 heterocycles. The maximum atomic E-state index is 12.7. The van der Waals surface area contributed by atoms with Crippen molar-refractivity contribution in [3.8, 4) is 5.75 Å². The first-order valence-corrected chi connectivity index (χ1v) is 9.54. The summed E-state index contributed by atoms with van der Waals surface area (Å²) in [4.78, 5) is 28.2. The van der Waals surface area contributed by atoms with Crippen LogP contribution in [0.25, 0.3) is 0 Å². The largest absolute Gasteiger partial charge is 0.497 e. The Balaban J connectivity index is 1.52. The van der Waals surface area contributed by atoms with E-state index in [9.17, 15) is 9.59 Å². The SMILES string of the molecule is COc1ccc(CNC(=O)CN2CCN(c3ccc(C(C)C)cc3)C2=O)cc1. The molecular formula is C22H27N3O3. The first kappa shape index (κ1) is 19.7. The number of benzene rings is 2. The lowest BCUT2D eigenvalue weighted by Gasteiger charge is -2.19. The Hall–Kier alpha value is -3.02. The Kier molecular flexibility index (Phi) is 6.19. The molecule has 1 aliphatic heterocycles. The molecule has 0 bridgehead atoms. The van der Waals surface area contributed by atoms with Gasteiger partial charge in [-0.25, -0.2) is 4.79 Å². The van der Waals surface area contributed by atoms with E-state index in [0.29, 0.717) is 25.6 Å². The summed E-state index contributed by atoms with van der Waals surface area (Å²) in [7, 11) is 1.62. The monoisotopic (exact) mass is 381 g/mol. The highest BCUT2D eigenvalue weighted by Crippen LogP contribution is 2.23. The summed E-state index contributed by atoms with van der Waals surface area (Å²) in [5.74, 6) is 1.06. The second kappa shape index (κ2) is 8.78. The molecule has 0 unspecified atom stereocenters. The minimum atomic E-state index is -0.166. The van der Waals surface area contributed by atoms with Gasteiger partial charge < -0.3 is 15.0 Å². The van der Waals surface area contributed by atoms with Gasteiger partial charge in [-0.1, -0.05) is 38.1 Å². The molecule has 2 aromatic rings. The van der Waals surface area contributed by atoms with Gasteiger partial charge in [0, 0.05) is 25.3 Å². The number of nitrogens with zero attached hydrogens (tertiary/aromatic N) is 2. The van der Waals surface area contributed by atoms with Crippen LogP contribution in [0.1, 0.15) is 30.9 Å². The summed E-state index contributed by atoms with van der Waals surface area (Å²) in [6.45, 7) is 5.90. The third kappa shape index (κ3) is 4.63. The van der Waals surface area contributed by atoms with Gasteiger partial charge in [-0.2, -0.15) is 0 Å². The highest BCUT2D eigenvalue weighted by Gasteiger charge is 2.30. The highest BCUT2D eigenvalue weighted by atomic mass is 16.5. The van der Waals surface area contributed by atoms with Gasteiger partial charge in [-0.3, -0.25) is 9.69 Å². The Bertz CT molecular complexity index is 816. The number of urea groups is 1. The molecule has 0 radical (unpaired) electrons. The fourth-order valence-corrected chi connectivity index (χ4v) is 3.18. The molecule has 3 amide bonds. The number of amides is 3. The number of ether oxygens (including phenoxy) is 1. The Morgan fingerprint density at radius 2 is 1.75 bits per heavy atom. The second-order valence-corrected chi connectivity index (χ2v) is 7.23. The van der Waals surface area contributed by atoms with E-state index in [2.05, 4.69) is 31.3 Å². The lowest BCUT2D eigenvalue weighted by molar-refractivity contribution is -0.121. The minimum Gasteiger partial charge on any atom is -0.497 e. The molecule has 1 aliphatic rings. The van der Waals surface area contributed by atoms with Gasteiger partial charge in [0.2, 0.25) is 5.91 Å². The minimum absolute atomic E-state index is 0.0650. The quantitative estimate of drug-likeness (QED) is 0.800. The third-order valence-corrected chi connectivity index (χ3v) is 4.95. The van der Waals surface area contributed by atoms with Crippen LogP contribution in [0.4, 0.5) is 10.5 Å². The summed E-state index contributed by atoms with van der Waals surface area (Å²) in [6.07, 6.45) is 0. The number of rotatable bonds is 7. The molecule has 0 saturated carbocycles. The Labute approximate surface area is 166 Å². The van der Waals surface area contributed by atoms with E-state index in [4.69, 9.17) is 4.74 Å². The van der Waals surface area contributed by atoms with Gasteiger partial charge in [-0.05, 0) is 41.3 Å². The molecule has 0 spiro atoms. The van der Waals surface area contributed by atoms with E-state index >= 15 is 0 Å². The van der Waals surface area contributed by atoms with Gasteiger partial charge in [0.05, 0.1) is 7.11 Å². The molecule has 2 aromatic carbocycles. The van der Waals surface area contributed by atoms with Crippen molar-refractivity contribution in [2.24, 2.45) is 0 Å². The number of anilines is 1. The normalized spacial score (nSPS) is 13.9. The Morgan fingerprint density at radius 1 is 1.07 bits per heavy atom. The number of carbonyl (C=O) groups excluding carboxylic acids is 2. The van der Waals surface area contributed by atoms with Gasteiger partial charge >= 0.3 is 6.03 Å². The third-order valence-electron chi connectivity index (χ3n) is 4.95. The van der Waals surface area contributed by atoms with Gasteiger partial charge in [0.15, 0.2) is 0 Å². The molecule has 1 saturated heterocycles. The zero-order chi connectivity index (χ0) is 20.1. The van der Waals surface area contributed by atoms with Gasteiger partial charge in [0.25, 0.3) is 0 Å². The highest BCUT2D eigenvalue weighted by molar-refractivity contribution is 5.96. The van der Waals surface area contributed by atoms with Crippen molar-refractivity contribution in [3.63, 3.8) is 0 Å². The number of nitrogens with one attached hydrogen (secondary N) is 1. The van der Waals surface area contributed by atoms with Crippen LogP contribution in [-0.2, 0) is 11.3 Å². The van der Waals surface area contributed by atoms with Crippen molar-refractivity contribution in [1.29, 1.82) is 0 Å². The van der Waals surface area contributed by atoms with Crippen LogP contribution in [0.2, 0.25) is 0 Å². The van der Waals surface area contributed by atoms with Crippen LogP contribution in [0, 0.1) is 0 Å². The van der Waals surface area contributed by atoms with E-state index in [1.807, 2.05) is 36.4 Å². The maximum absolute atomic E-state index is 12.7. The van der Waals surface area contributed by atoms with Gasteiger partial charge in [0.1, 0.15) is 12.3 Å². The lowest BCUT2D eigenvalue weighted by Crippen LogP contribution is -2.39. The summed E-state index contributed by atoms with van der Waals surface area (Å²) < 4.78 is 5.12. The first-order chi connectivity index (χ1) is 13.5. The zero-order valence-corrected chi connectivity index (χ0v) is 16.6. The molecule has 28 heavy (non-hydrogen) atoms. The van der Waals surface area contributed by atoms with E-state index in [-0.39, 0.29) is 18.5 Å². The number of methoxy groups -OCH3 is 1. The molecule has 0 aliphatic carbocycles. The predicted octanol–water partition coefficient (Wildman–Crippen LogP) is 3.38. The van der Waals surface area contributed by atoms with Crippen molar-refractivity contribution in [2.45, 2.75) is 26.3 Å². The number of hydrogen-bond acceptors (Lipinski definition) is 3. The summed E-state index contributed by atoms with van der Waals surface area (Å²) in [5.41, 5.74) is 3.09. The van der Waals surface area contributed by atoms with E-state index in [1.165, 1.54) is 5.56 Å². The van der Waals surface area contributed by atoms with Crippen LogP contribution in [0.3, 0.4) is 0 Å².